The second-order valence-electron chi connectivity index (χ2n) is 2.91. The molecular weight excluding hydrogens is 311 g/mol. The van der Waals surface area contributed by atoms with Crippen LogP contribution in [0.4, 0.5) is 0 Å². The van der Waals surface area contributed by atoms with Gasteiger partial charge in [-0.15, -0.1) is 0 Å². The number of nitrogens with one attached hydrogen (secondary N) is 1. The number of benzene rings is 1. The van der Waals surface area contributed by atoms with Crippen molar-refractivity contribution in [1.29, 1.82) is 0 Å². The molecule has 1 aromatic carbocycles. The van der Waals surface area contributed by atoms with E-state index < -0.39 is 5.97 Å². The largest absolute Gasteiger partial charge is 0.496 e. The van der Waals surface area contributed by atoms with Crippen LogP contribution in [0.25, 0.3) is 10.9 Å². The molecule has 0 radical (unpaired) electrons. The second kappa shape index (κ2) is 3.69. The smallest absolute Gasteiger partial charge is 0.339 e. The number of carboxylic acid groups (broad SMARTS) is 1. The Kier molecular flexibility index (Phi) is 2.51. The van der Waals surface area contributed by atoms with Gasteiger partial charge in [-0.3, -0.25) is 5.10 Å². The molecular formula is C9H7IN2O3. The topological polar surface area (TPSA) is 75.2 Å². The quantitative estimate of drug-likeness (QED) is 0.829. The highest BCUT2D eigenvalue weighted by Crippen LogP contribution is 2.27. The van der Waals surface area contributed by atoms with Crippen molar-refractivity contribution < 1.29 is 14.6 Å². The van der Waals surface area contributed by atoms with Gasteiger partial charge >= 0.3 is 5.97 Å². The third kappa shape index (κ3) is 1.65. The maximum Gasteiger partial charge on any atom is 0.339 e. The lowest BCUT2D eigenvalue weighted by Crippen LogP contribution is -2.00. The lowest BCUT2D eigenvalue weighted by molar-refractivity contribution is 0.0693. The van der Waals surface area contributed by atoms with Gasteiger partial charge in [0.15, 0.2) is 0 Å². The van der Waals surface area contributed by atoms with Crippen molar-refractivity contribution in [2.45, 2.75) is 0 Å². The number of H-pyrrole nitrogens is 1. The van der Waals surface area contributed by atoms with Crippen LogP contribution in [-0.4, -0.2) is 28.4 Å². The molecule has 2 aromatic rings. The van der Waals surface area contributed by atoms with Gasteiger partial charge in [-0.2, -0.15) is 5.10 Å². The normalized spacial score (nSPS) is 10.5. The minimum Gasteiger partial charge on any atom is -0.496 e. The predicted octanol–water partition coefficient (Wildman–Crippen LogP) is 1.87. The molecule has 0 aliphatic heterocycles. The van der Waals surface area contributed by atoms with Gasteiger partial charge in [0.1, 0.15) is 15.0 Å². The lowest BCUT2D eigenvalue weighted by atomic mass is 10.1. The molecule has 78 valence electrons. The first-order valence-corrected chi connectivity index (χ1v) is 5.16. The number of fused-ring (bicyclic) bond motifs is 1. The first-order chi connectivity index (χ1) is 7.13. The van der Waals surface area contributed by atoms with E-state index in [1.54, 1.807) is 6.07 Å². The molecule has 1 aromatic heterocycles. The van der Waals surface area contributed by atoms with Crippen LogP contribution in [0.5, 0.6) is 5.75 Å². The predicted molar refractivity (Wildman–Crippen MR) is 62.3 cm³/mol. The summed E-state index contributed by atoms with van der Waals surface area (Å²) in [5.41, 5.74) is 0.741. The van der Waals surface area contributed by atoms with E-state index in [0.29, 0.717) is 11.3 Å². The summed E-state index contributed by atoms with van der Waals surface area (Å²) in [7, 11) is 1.44. The number of carboxylic acids is 1. The molecule has 15 heavy (non-hydrogen) atoms. The van der Waals surface area contributed by atoms with Gasteiger partial charge in [0, 0.05) is 5.39 Å². The maximum absolute atomic E-state index is 10.9. The van der Waals surface area contributed by atoms with E-state index in [1.165, 1.54) is 13.2 Å². The molecule has 0 bridgehead atoms. The number of rotatable bonds is 2. The number of hydrogen-bond donors (Lipinski definition) is 2. The SMILES string of the molecule is COc1cc2c(I)[nH]nc2cc1C(=O)O. The fourth-order valence-electron chi connectivity index (χ4n) is 1.34. The molecule has 0 spiro atoms. The first kappa shape index (κ1) is 10.2. The third-order valence-corrected chi connectivity index (χ3v) is 2.88. The molecule has 2 rings (SSSR count). The molecule has 2 N–H and O–H groups in total. The van der Waals surface area contributed by atoms with Crippen LogP contribution < -0.4 is 4.74 Å². The zero-order chi connectivity index (χ0) is 11.0. The van der Waals surface area contributed by atoms with Crippen LogP contribution in [-0.2, 0) is 0 Å². The van der Waals surface area contributed by atoms with E-state index in [0.717, 1.165) is 9.09 Å². The van der Waals surface area contributed by atoms with Gasteiger partial charge in [-0.1, -0.05) is 0 Å². The molecule has 1 heterocycles. The van der Waals surface area contributed by atoms with Gasteiger partial charge in [-0.05, 0) is 34.7 Å². The van der Waals surface area contributed by atoms with E-state index in [-0.39, 0.29) is 5.56 Å². The standard InChI is InChI=1S/C9H7IN2O3/c1-15-7-3-4-6(11-12-8(4)10)2-5(7)9(13)14/h2-3H,1H3,(H,11,12)(H,13,14). The zero-order valence-electron chi connectivity index (χ0n) is 7.74. The minimum absolute atomic E-state index is 0.118. The highest BCUT2D eigenvalue weighted by Gasteiger charge is 2.14. The van der Waals surface area contributed by atoms with E-state index in [9.17, 15) is 4.79 Å². The van der Waals surface area contributed by atoms with Crippen LogP contribution in [0.3, 0.4) is 0 Å². The number of aromatic nitrogens is 2. The number of hydrogen-bond acceptors (Lipinski definition) is 3. The van der Waals surface area contributed by atoms with Crippen LogP contribution in [0.2, 0.25) is 0 Å². The maximum atomic E-state index is 10.9. The number of halogens is 1. The van der Waals surface area contributed by atoms with Crippen molar-refractivity contribution in [3.63, 3.8) is 0 Å². The summed E-state index contributed by atoms with van der Waals surface area (Å²) in [5, 5.41) is 16.6. The average molecular weight is 318 g/mol. The Morgan fingerprint density at radius 2 is 2.33 bits per heavy atom. The molecule has 0 aliphatic rings. The Hall–Kier alpha value is -1.31. The second-order valence-corrected chi connectivity index (χ2v) is 3.99. The highest BCUT2D eigenvalue weighted by molar-refractivity contribution is 14.1. The Morgan fingerprint density at radius 1 is 1.60 bits per heavy atom. The number of aromatic carboxylic acids is 1. The molecule has 6 heteroatoms. The van der Waals surface area contributed by atoms with Crippen molar-refractivity contribution >= 4 is 39.5 Å². The number of aromatic amines is 1. The fraction of sp³-hybridized carbons (Fsp3) is 0.111. The Balaban J connectivity index is 2.76. The summed E-state index contributed by atoms with van der Waals surface area (Å²) in [6.45, 7) is 0. The summed E-state index contributed by atoms with van der Waals surface area (Å²) < 4.78 is 5.87. The highest BCUT2D eigenvalue weighted by atomic mass is 127. The van der Waals surface area contributed by atoms with E-state index >= 15 is 0 Å². The van der Waals surface area contributed by atoms with Gasteiger partial charge in [0.25, 0.3) is 0 Å². The summed E-state index contributed by atoms with van der Waals surface area (Å²) in [4.78, 5) is 10.9. The van der Waals surface area contributed by atoms with E-state index in [1.807, 2.05) is 0 Å². The zero-order valence-corrected chi connectivity index (χ0v) is 9.90. The summed E-state index contributed by atoms with van der Waals surface area (Å²) in [5.74, 6) is -0.680. The molecule has 0 saturated heterocycles. The molecule has 0 fully saturated rings. The monoisotopic (exact) mass is 318 g/mol. The minimum atomic E-state index is -1.02. The lowest BCUT2D eigenvalue weighted by Gasteiger charge is -2.04. The molecule has 0 aliphatic carbocycles. The van der Waals surface area contributed by atoms with E-state index in [4.69, 9.17) is 9.84 Å². The van der Waals surface area contributed by atoms with Gasteiger partial charge in [-0.25, -0.2) is 4.79 Å². The van der Waals surface area contributed by atoms with Crippen molar-refractivity contribution in [3.8, 4) is 5.75 Å². The van der Waals surface area contributed by atoms with Crippen molar-refractivity contribution in [2.24, 2.45) is 0 Å². The van der Waals surface area contributed by atoms with Crippen molar-refractivity contribution in [2.75, 3.05) is 7.11 Å². The number of ether oxygens (including phenoxy) is 1. The number of methoxy groups -OCH3 is 1. The van der Waals surface area contributed by atoms with Crippen molar-refractivity contribution in [1.82, 2.24) is 10.2 Å². The summed E-state index contributed by atoms with van der Waals surface area (Å²) in [6.07, 6.45) is 0. The van der Waals surface area contributed by atoms with Crippen LogP contribution >= 0.6 is 22.6 Å². The Morgan fingerprint density at radius 3 is 2.93 bits per heavy atom. The van der Waals surface area contributed by atoms with Crippen molar-refractivity contribution in [3.05, 3.63) is 21.4 Å². The van der Waals surface area contributed by atoms with Crippen LogP contribution in [0, 0.1) is 3.70 Å². The Labute approximate surface area is 98.6 Å². The molecule has 5 nitrogen and oxygen atoms in total. The third-order valence-electron chi connectivity index (χ3n) is 2.06. The average Bonchev–Trinajstić information content (AvgIpc) is 2.58. The van der Waals surface area contributed by atoms with Crippen LogP contribution in [0.1, 0.15) is 10.4 Å². The van der Waals surface area contributed by atoms with E-state index in [2.05, 4.69) is 32.8 Å². The van der Waals surface area contributed by atoms with Gasteiger partial charge < -0.3 is 9.84 Å². The molecule has 0 amide bonds. The van der Waals surface area contributed by atoms with Gasteiger partial charge in [0.2, 0.25) is 0 Å². The van der Waals surface area contributed by atoms with Gasteiger partial charge in [0.05, 0.1) is 12.6 Å². The molecule has 0 saturated carbocycles. The number of nitrogens with zero attached hydrogens (tertiary/aromatic N) is 1. The Bertz CT molecular complexity index is 535. The van der Waals surface area contributed by atoms with Crippen LogP contribution in [0.15, 0.2) is 12.1 Å². The summed E-state index contributed by atoms with van der Waals surface area (Å²) >= 11 is 2.09. The summed E-state index contributed by atoms with van der Waals surface area (Å²) in [6, 6.07) is 3.17. The number of carbonyl (C=O) groups is 1. The fourth-order valence-corrected chi connectivity index (χ4v) is 1.89. The molecule has 0 atom stereocenters. The molecule has 0 unspecified atom stereocenters. The first-order valence-electron chi connectivity index (χ1n) is 4.08.